The molecule has 0 aromatic heterocycles. The second-order valence-corrected chi connectivity index (χ2v) is 9.57. The predicted molar refractivity (Wildman–Crippen MR) is 141 cm³/mol. The number of nitrogens with zero attached hydrogens (tertiary/aromatic N) is 2. The summed E-state index contributed by atoms with van der Waals surface area (Å²) in [6, 6.07) is 18.2. The molecule has 188 valence electrons. The zero-order valence-corrected chi connectivity index (χ0v) is 22.0. The Bertz CT molecular complexity index is 1400. The summed E-state index contributed by atoms with van der Waals surface area (Å²) in [6.07, 6.45) is 1.60. The fourth-order valence-electron chi connectivity index (χ4n) is 3.46. The van der Waals surface area contributed by atoms with Crippen LogP contribution in [0.3, 0.4) is 0 Å². The second kappa shape index (κ2) is 12.0. The first-order chi connectivity index (χ1) is 17.9. The van der Waals surface area contributed by atoms with Gasteiger partial charge >= 0.3 is 0 Å². The lowest BCUT2D eigenvalue weighted by Gasteiger charge is -2.14. The van der Waals surface area contributed by atoms with Crippen molar-refractivity contribution in [2.75, 3.05) is 20.3 Å². The van der Waals surface area contributed by atoms with Crippen LogP contribution in [-0.4, -0.2) is 36.3 Å². The number of hydrogen-bond donors (Lipinski definition) is 0. The molecule has 7 nitrogen and oxygen atoms in total. The Labute approximate surface area is 225 Å². The highest BCUT2D eigenvalue weighted by atomic mass is 79.9. The molecule has 0 saturated carbocycles. The summed E-state index contributed by atoms with van der Waals surface area (Å²) in [4.78, 5) is 26.7. The number of nitriles is 1. The van der Waals surface area contributed by atoms with Crippen LogP contribution in [0.4, 0.5) is 9.18 Å². The minimum absolute atomic E-state index is 0.0564. The van der Waals surface area contributed by atoms with Crippen molar-refractivity contribution in [2.45, 2.75) is 6.61 Å². The number of imide groups is 1. The standard InChI is InChI=1S/C27H20BrFN2O5S/c1-34-23-12-19(22(28)14-24(23)36-16-18-5-3-2-4-17(18)15-30)13-25-26(32)31(27(33)37-25)10-11-35-21-8-6-20(29)7-9-21/h2-9,12-14H,10-11,16H2,1H3/b25-13-. The van der Waals surface area contributed by atoms with Gasteiger partial charge in [-0.3, -0.25) is 14.5 Å². The molecular weight excluding hydrogens is 563 g/mol. The van der Waals surface area contributed by atoms with Gasteiger partial charge in [-0.1, -0.05) is 34.1 Å². The highest BCUT2D eigenvalue weighted by Gasteiger charge is 2.35. The van der Waals surface area contributed by atoms with Crippen LogP contribution in [-0.2, 0) is 11.4 Å². The Hall–Kier alpha value is -3.81. The topological polar surface area (TPSA) is 88.9 Å². The van der Waals surface area contributed by atoms with Gasteiger partial charge in [0.25, 0.3) is 11.1 Å². The van der Waals surface area contributed by atoms with Crippen molar-refractivity contribution in [1.82, 2.24) is 4.90 Å². The van der Waals surface area contributed by atoms with Crippen LogP contribution in [0.1, 0.15) is 16.7 Å². The molecule has 1 saturated heterocycles. The largest absolute Gasteiger partial charge is 0.493 e. The molecule has 0 unspecified atom stereocenters. The van der Waals surface area contributed by atoms with Crippen LogP contribution in [0.5, 0.6) is 17.2 Å². The van der Waals surface area contributed by atoms with Gasteiger partial charge in [0.1, 0.15) is 24.8 Å². The van der Waals surface area contributed by atoms with Crippen LogP contribution in [0.15, 0.2) is 70.0 Å². The maximum absolute atomic E-state index is 13.0. The highest BCUT2D eigenvalue weighted by molar-refractivity contribution is 9.10. The van der Waals surface area contributed by atoms with Crippen molar-refractivity contribution in [1.29, 1.82) is 5.26 Å². The molecular formula is C27H20BrFN2O5S. The van der Waals surface area contributed by atoms with E-state index < -0.39 is 11.1 Å². The number of ether oxygens (including phenoxy) is 3. The Balaban J connectivity index is 1.45. The highest BCUT2D eigenvalue weighted by Crippen LogP contribution is 2.38. The molecule has 37 heavy (non-hydrogen) atoms. The maximum atomic E-state index is 13.0. The summed E-state index contributed by atoms with van der Waals surface area (Å²) in [5.41, 5.74) is 1.88. The van der Waals surface area contributed by atoms with Gasteiger partial charge < -0.3 is 14.2 Å². The number of amides is 2. The lowest BCUT2D eigenvalue weighted by molar-refractivity contribution is -0.123. The minimum Gasteiger partial charge on any atom is -0.493 e. The van der Waals surface area contributed by atoms with Gasteiger partial charge in [0.05, 0.1) is 30.2 Å². The van der Waals surface area contributed by atoms with Crippen LogP contribution in [0, 0.1) is 17.1 Å². The minimum atomic E-state index is -0.433. The van der Waals surface area contributed by atoms with Gasteiger partial charge in [0.2, 0.25) is 0 Å². The Kier molecular flexibility index (Phi) is 8.48. The summed E-state index contributed by atoms with van der Waals surface area (Å²) in [5, 5.41) is 8.88. The number of carbonyl (C=O) groups excluding carboxylic acids is 2. The zero-order valence-electron chi connectivity index (χ0n) is 19.6. The van der Waals surface area contributed by atoms with Gasteiger partial charge in [0.15, 0.2) is 11.5 Å². The molecule has 0 bridgehead atoms. The van der Waals surface area contributed by atoms with E-state index in [0.717, 1.165) is 22.2 Å². The van der Waals surface area contributed by atoms with E-state index in [2.05, 4.69) is 22.0 Å². The summed E-state index contributed by atoms with van der Waals surface area (Å²) >= 11 is 4.33. The summed E-state index contributed by atoms with van der Waals surface area (Å²) in [5.74, 6) is 0.506. The third-order valence-electron chi connectivity index (χ3n) is 5.36. The van der Waals surface area contributed by atoms with Gasteiger partial charge in [-0.25, -0.2) is 4.39 Å². The smallest absolute Gasteiger partial charge is 0.293 e. The molecule has 1 heterocycles. The first-order valence-corrected chi connectivity index (χ1v) is 12.6. The van der Waals surface area contributed by atoms with Crippen molar-refractivity contribution in [2.24, 2.45) is 0 Å². The SMILES string of the molecule is COc1cc(/C=C2\SC(=O)N(CCOc3ccc(F)cc3)C2=O)c(Br)cc1OCc1ccccc1C#N. The number of halogens is 2. The van der Waals surface area contributed by atoms with E-state index in [1.54, 1.807) is 30.3 Å². The fourth-order valence-corrected chi connectivity index (χ4v) is 4.76. The Morgan fingerprint density at radius 2 is 1.84 bits per heavy atom. The van der Waals surface area contributed by atoms with Crippen molar-refractivity contribution in [3.8, 4) is 23.3 Å². The van der Waals surface area contributed by atoms with Crippen LogP contribution >= 0.6 is 27.7 Å². The van der Waals surface area contributed by atoms with Crippen molar-refractivity contribution in [3.05, 3.63) is 92.5 Å². The van der Waals surface area contributed by atoms with E-state index in [4.69, 9.17) is 14.2 Å². The molecule has 3 aromatic carbocycles. The van der Waals surface area contributed by atoms with Crippen LogP contribution < -0.4 is 14.2 Å². The molecule has 3 aromatic rings. The van der Waals surface area contributed by atoms with Gasteiger partial charge in [-0.05, 0) is 65.9 Å². The van der Waals surface area contributed by atoms with Gasteiger partial charge in [-0.15, -0.1) is 0 Å². The fraction of sp³-hybridized carbons (Fsp3) is 0.148. The number of rotatable bonds is 9. The van der Waals surface area contributed by atoms with Crippen LogP contribution in [0.25, 0.3) is 6.08 Å². The number of hydrogen-bond acceptors (Lipinski definition) is 7. The third-order valence-corrected chi connectivity index (χ3v) is 6.96. The quantitative estimate of drug-likeness (QED) is 0.279. The monoisotopic (exact) mass is 582 g/mol. The number of methoxy groups -OCH3 is 1. The first-order valence-electron chi connectivity index (χ1n) is 11.0. The lowest BCUT2D eigenvalue weighted by Crippen LogP contribution is -2.32. The molecule has 1 aliphatic rings. The third kappa shape index (κ3) is 6.31. The average Bonchev–Trinajstić information content (AvgIpc) is 3.17. The van der Waals surface area contributed by atoms with E-state index in [-0.39, 0.29) is 30.5 Å². The lowest BCUT2D eigenvalue weighted by atomic mass is 10.1. The Morgan fingerprint density at radius 3 is 2.57 bits per heavy atom. The number of carbonyl (C=O) groups is 2. The predicted octanol–water partition coefficient (Wildman–Crippen LogP) is 6.16. The Morgan fingerprint density at radius 1 is 1.08 bits per heavy atom. The normalized spacial score (nSPS) is 14.1. The molecule has 0 N–H and O–H groups in total. The molecule has 1 fully saturated rings. The molecule has 0 atom stereocenters. The zero-order chi connectivity index (χ0) is 26.4. The molecule has 0 spiro atoms. The van der Waals surface area contributed by atoms with E-state index in [9.17, 15) is 19.2 Å². The van der Waals surface area contributed by atoms with E-state index in [0.29, 0.717) is 32.8 Å². The number of benzene rings is 3. The molecule has 2 amide bonds. The summed E-state index contributed by atoms with van der Waals surface area (Å²) < 4.78 is 30.5. The maximum Gasteiger partial charge on any atom is 0.293 e. The van der Waals surface area contributed by atoms with E-state index >= 15 is 0 Å². The van der Waals surface area contributed by atoms with Gasteiger partial charge in [-0.2, -0.15) is 5.26 Å². The first kappa shape index (κ1) is 26.3. The van der Waals surface area contributed by atoms with E-state index in [1.807, 2.05) is 12.1 Å². The van der Waals surface area contributed by atoms with Crippen molar-refractivity contribution in [3.63, 3.8) is 0 Å². The van der Waals surface area contributed by atoms with Crippen molar-refractivity contribution < 1.29 is 28.2 Å². The van der Waals surface area contributed by atoms with Crippen molar-refractivity contribution >= 4 is 44.9 Å². The molecule has 10 heteroatoms. The second-order valence-electron chi connectivity index (χ2n) is 7.72. The van der Waals surface area contributed by atoms with E-state index in [1.165, 1.54) is 31.4 Å². The molecule has 4 rings (SSSR count). The van der Waals surface area contributed by atoms with Crippen LogP contribution in [0.2, 0.25) is 0 Å². The summed E-state index contributed by atoms with van der Waals surface area (Å²) in [6.45, 7) is 0.307. The average molecular weight is 583 g/mol. The molecule has 0 aliphatic carbocycles. The molecule has 1 aliphatic heterocycles. The number of thioether (sulfide) groups is 1. The summed E-state index contributed by atoms with van der Waals surface area (Å²) in [7, 11) is 1.50. The molecule has 0 radical (unpaired) electrons. The van der Waals surface area contributed by atoms with Gasteiger partial charge in [0, 0.05) is 10.0 Å².